The molecular formula is C41H27N2OP. The summed E-state index contributed by atoms with van der Waals surface area (Å²) >= 11 is 0. The van der Waals surface area contributed by atoms with Crippen LogP contribution in [0.4, 0.5) is 0 Å². The van der Waals surface area contributed by atoms with Gasteiger partial charge in [-0.05, 0) is 41.5 Å². The van der Waals surface area contributed by atoms with E-state index in [4.69, 9.17) is 4.98 Å². The third-order valence-corrected chi connectivity index (χ3v) is 12.1. The van der Waals surface area contributed by atoms with Gasteiger partial charge in [0.05, 0.1) is 28.1 Å². The lowest BCUT2D eigenvalue weighted by Crippen LogP contribution is -2.20. The Bertz CT molecular complexity index is 2390. The van der Waals surface area contributed by atoms with Crippen molar-refractivity contribution in [2.45, 2.75) is 0 Å². The molecule has 0 amide bonds. The largest absolute Gasteiger partial charge is 0.309 e. The lowest BCUT2D eigenvalue weighted by Gasteiger charge is -2.16. The van der Waals surface area contributed by atoms with Crippen LogP contribution in [0.1, 0.15) is 0 Å². The van der Waals surface area contributed by atoms with Crippen LogP contribution < -0.4 is 15.9 Å². The highest BCUT2D eigenvalue weighted by atomic mass is 31.2. The molecule has 0 fully saturated rings. The highest BCUT2D eigenvalue weighted by molar-refractivity contribution is 7.86. The van der Waals surface area contributed by atoms with Gasteiger partial charge in [-0.15, -0.1) is 0 Å². The Morgan fingerprint density at radius 2 is 1.04 bits per heavy atom. The average Bonchev–Trinajstić information content (AvgIpc) is 3.58. The first kappa shape index (κ1) is 25.9. The van der Waals surface area contributed by atoms with Gasteiger partial charge < -0.3 is 9.13 Å². The molecule has 0 radical (unpaired) electrons. The minimum Gasteiger partial charge on any atom is -0.309 e. The Kier molecular flexibility index (Phi) is 5.78. The molecule has 0 saturated heterocycles. The summed E-state index contributed by atoms with van der Waals surface area (Å²) in [5.74, 6) is 0. The summed E-state index contributed by atoms with van der Waals surface area (Å²) in [5.41, 5.74) is 9.26. The molecule has 0 bridgehead atoms. The van der Waals surface area contributed by atoms with E-state index < -0.39 is 7.14 Å². The average molecular weight is 595 g/mol. The van der Waals surface area contributed by atoms with Crippen LogP contribution in [0.15, 0.2) is 164 Å². The topological polar surface area (TPSA) is 34.9 Å². The van der Waals surface area contributed by atoms with Crippen LogP contribution in [0.25, 0.3) is 61.1 Å². The Labute approximate surface area is 261 Å². The molecule has 1 aliphatic heterocycles. The van der Waals surface area contributed by atoms with Crippen LogP contribution in [-0.2, 0) is 4.57 Å². The van der Waals surface area contributed by atoms with Crippen molar-refractivity contribution in [2.75, 3.05) is 0 Å². The molecule has 0 aliphatic carbocycles. The fourth-order valence-corrected chi connectivity index (χ4v) is 10.0. The third kappa shape index (κ3) is 3.91. The number of hydrogen-bond donors (Lipinski definition) is 0. The summed E-state index contributed by atoms with van der Waals surface area (Å²) in [6, 6.07) is 56.2. The van der Waals surface area contributed by atoms with E-state index in [0.29, 0.717) is 0 Å². The molecule has 1 aliphatic rings. The fraction of sp³-hybridized carbons (Fsp3) is 0. The number of fused-ring (bicyclic) bond motifs is 6. The molecule has 4 heteroatoms. The van der Waals surface area contributed by atoms with E-state index in [2.05, 4.69) is 108 Å². The number of rotatable bonds is 4. The first-order chi connectivity index (χ1) is 22.2. The Balaban J connectivity index is 1.37. The molecule has 9 rings (SSSR count). The van der Waals surface area contributed by atoms with E-state index >= 15 is 4.57 Å². The van der Waals surface area contributed by atoms with Crippen molar-refractivity contribution in [3.05, 3.63) is 164 Å². The second kappa shape index (κ2) is 10.0. The predicted molar refractivity (Wildman–Crippen MR) is 188 cm³/mol. The normalized spacial score (nSPS) is 15.3. The second-order valence-electron chi connectivity index (χ2n) is 11.5. The van der Waals surface area contributed by atoms with Gasteiger partial charge in [-0.1, -0.05) is 133 Å². The predicted octanol–water partition coefficient (Wildman–Crippen LogP) is 9.13. The van der Waals surface area contributed by atoms with E-state index in [-0.39, 0.29) is 0 Å². The van der Waals surface area contributed by atoms with Gasteiger partial charge in [0.2, 0.25) is 0 Å². The molecule has 3 heterocycles. The molecule has 1 unspecified atom stereocenters. The zero-order valence-electron chi connectivity index (χ0n) is 24.3. The molecule has 3 nitrogen and oxygen atoms in total. The Morgan fingerprint density at radius 3 is 1.73 bits per heavy atom. The van der Waals surface area contributed by atoms with Gasteiger partial charge in [-0.25, -0.2) is 4.98 Å². The highest BCUT2D eigenvalue weighted by Gasteiger charge is 2.40. The van der Waals surface area contributed by atoms with Crippen LogP contribution in [0.3, 0.4) is 0 Å². The zero-order chi connectivity index (χ0) is 30.0. The first-order valence-electron chi connectivity index (χ1n) is 15.2. The monoisotopic (exact) mass is 594 g/mol. The molecule has 45 heavy (non-hydrogen) atoms. The van der Waals surface area contributed by atoms with E-state index in [1.165, 1.54) is 0 Å². The summed E-state index contributed by atoms with van der Waals surface area (Å²) in [6.45, 7) is 0. The van der Waals surface area contributed by atoms with Gasteiger partial charge in [0.15, 0.2) is 7.14 Å². The van der Waals surface area contributed by atoms with Crippen LogP contribution in [-0.4, -0.2) is 9.55 Å². The molecule has 2 aromatic heterocycles. The molecule has 0 spiro atoms. The molecular weight excluding hydrogens is 567 g/mol. The zero-order valence-corrected chi connectivity index (χ0v) is 25.2. The van der Waals surface area contributed by atoms with Crippen LogP contribution in [0.2, 0.25) is 0 Å². The summed E-state index contributed by atoms with van der Waals surface area (Å²) in [6.07, 6.45) is 0. The van der Waals surface area contributed by atoms with Crippen molar-refractivity contribution in [1.82, 2.24) is 9.55 Å². The van der Waals surface area contributed by atoms with E-state index in [1.54, 1.807) is 0 Å². The molecule has 0 N–H and O–H groups in total. The lowest BCUT2D eigenvalue weighted by molar-refractivity contribution is 0.593. The third-order valence-electron chi connectivity index (χ3n) is 8.99. The molecule has 8 aromatic rings. The van der Waals surface area contributed by atoms with Crippen molar-refractivity contribution < 1.29 is 4.57 Å². The smallest absolute Gasteiger partial charge is 0.172 e. The van der Waals surface area contributed by atoms with Gasteiger partial charge in [0, 0.05) is 37.8 Å². The maximum atomic E-state index is 15.3. The first-order valence-corrected chi connectivity index (χ1v) is 16.9. The number of aromatic nitrogens is 2. The number of benzene rings is 6. The molecule has 6 aromatic carbocycles. The van der Waals surface area contributed by atoms with Crippen molar-refractivity contribution >= 4 is 44.9 Å². The molecule has 1 atom stereocenters. The summed E-state index contributed by atoms with van der Waals surface area (Å²) < 4.78 is 17.7. The van der Waals surface area contributed by atoms with Crippen molar-refractivity contribution in [1.29, 1.82) is 0 Å². The van der Waals surface area contributed by atoms with Crippen LogP contribution >= 0.6 is 7.14 Å². The lowest BCUT2D eigenvalue weighted by atomic mass is 10.0. The minimum atomic E-state index is -3.06. The van der Waals surface area contributed by atoms with E-state index in [1.807, 2.05) is 60.7 Å². The number of pyridine rings is 1. The molecule has 0 saturated carbocycles. The SMILES string of the molecule is O=P1(c2ccccc2)c2ccccc2-c2cc3c(cc21)c1ccccc1n3-c1cc(-c2ccccc2)nc(-c2ccccc2)c1. The van der Waals surface area contributed by atoms with E-state index in [0.717, 1.165) is 77.0 Å². The maximum absolute atomic E-state index is 15.3. The van der Waals surface area contributed by atoms with Crippen LogP contribution in [0, 0.1) is 0 Å². The number of para-hydroxylation sites is 1. The number of nitrogens with zero attached hydrogens (tertiary/aromatic N) is 2. The molecule has 212 valence electrons. The Hall–Kier alpha value is -5.50. The van der Waals surface area contributed by atoms with Gasteiger partial charge in [0.1, 0.15) is 0 Å². The highest BCUT2D eigenvalue weighted by Crippen LogP contribution is 2.53. The summed E-state index contributed by atoms with van der Waals surface area (Å²) in [7, 11) is -3.06. The van der Waals surface area contributed by atoms with Crippen molar-refractivity contribution in [3.63, 3.8) is 0 Å². The van der Waals surface area contributed by atoms with Gasteiger partial charge >= 0.3 is 0 Å². The summed E-state index contributed by atoms with van der Waals surface area (Å²) in [5, 5.41) is 4.91. The quantitative estimate of drug-likeness (QED) is 0.191. The standard InChI is InChI=1S/C41H27N2OP/c44-45(31-18-8-3-9-19-31)40-23-13-11-21-33(40)35-26-39-34(27-41(35)45)32-20-10-12-22-38(32)43(39)30-24-36(28-14-4-1-5-15-28)42-37(25-30)29-16-6-2-7-17-29/h1-27H. The summed E-state index contributed by atoms with van der Waals surface area (Å²) in [4.78, 5) is 5.13. The van der Waals surface area contributed by atoms with Crippen molar-refractivity contribution in [3.8, 4) is 39.3 Å². The van der Waals surface area contributed by atoms with Gasteiger partial charge in [0.25, 0.3) is 0 Å². The van der Waals surface area contributed by atoms with Crippen LogP contribution in [0.5, 0.6) is 0 Å². The minimum absolute atomic E-state index is 0.869. The second-order valence-corrected chi connectivity index (χ2v) is 14.2. The maximum Gasteiger partial charge on any atom is 0.172 e. The Morgan fingerprint density at radius 1 is 0.467 bits per heavy atom. The van der Waals surface area contributed by atoms with E-state index in [9.17, 15) is 0 Å². The van der Waals surface area contributed by atoms with Crippen molar-refractivity contribution in [2.24, 2.45) is 0 Å². The number of hydrogen-bond acceptors (Lipinski definition) is 2. The van der Waals surface area contributed by atoms with Gasteiger partial charge in [-0.3, -0.25) is 0 Å². The van der Waals surface area contributed by atoms with Gasteiger partial charge in [-0.2, -0.15) is 0 Å². The fourth-order valence-electron chi connectivity index (χ4n) is 6.94.